The third-order valence-electron chi connectivity index (χ3n) is 10.6. The molecule has 0 spiro atoms. The van der Waals surface area contributed by atoms with E-state index in [-0.39, 0.29) is 0 Å². The van der Waals surface area contributed by atoms with Crippen LogP contribution in [0.25, 0.3) is 71.6 Å². The van der Waals surface area contributed by atoms with Gasteiger partial charge in [-0.05, 0) is 105 Å². The highest BCUT2D eigenvalue weighted by Crippen LogP contribution is 2.44. The molecule has 254 valence electrons. The van der Waals surface area contributed by atoms with Crippen LogP contribution in [0.1, 0.15) is 0 Å². The maximum absolute atomic E-state index is 2.43. The molecule has 54 heavy (non-hydrogen) atoms. The molecule has 0 aliphatic rings. The second-order valence-corrected chi connectivity index (χ2v) is 13.8. The Balaban J connectivity index is 1.16. The van der Waals surface area contributed by atoms with Crippen LogP contribution in [-0.4, -0.2) is 4.57 Å². The van der Waals surface area contributed by atoms with Crippen molar-refractivity contribution < 1.29 is 0 Å². The highest BCUT2D eigenvalue weighted by Gasteiger charge is 2.20. The predicted molar refractivity (Wildman–Crippen MR) is 229 cm³/mol. The van der Waals surface area contributed by atoms with Crippen LogP contribution in [0.15, 0.2) is 218 Å². The summed E-state index contributed by atoms with van der Waals surface area (Å²) in [4.78, 5) is 2.36. The molecule has 2 nitrogen and oxygen atoms in total. The van der Waals surface area contributed by atoms with E-state index in [1.54, 1.807) is 0 Å². The lowest BCUT2D eigenvalue weighted by Crippen LogP contribution is -2.10. The van der Waals surface area contributed by atoms with Crippen molar-refractivity contribution in [1.82, 2.24) is 4.57 Å². The van der Waals surface area contributed by atoms with Gasteiger partial charge in [0.2, 0.25) is 0 Å². The molecule has 0 atom stereocenters. The lowest BCUT2D eigenvalue weighted by molar-refractivity contribution is 1.18. The maximum atomic E-state index is 2.43. The van der Waals surface area contributed by atoms with Gasteiger partial charge in [0.1, 0.15) is 0 Å². The van der Waals surface area contributed by atoms with Gasteiger partial charge >= 0.3 is 0 Å². The molecular formula is C52H36N2. The molecule has 1 heterocycles. The van der Waals surface area contributed by atoms with Gasteiger partial charge in [-0.15, -0.1) is 0 Å². The molecule has 10 rings (SSSR count). The van der Waals surface area contributed by atoms with Gasteiger partial charge in [-0.3, -0.25) is 0 Å². The summed E-state index contributed by atoms with van der Waals surface area (Å²) in [7, 11) is 0. The number of nitrogens with zero attached hydrogens (tertiary/aromatic N) is 2. The minimum Gasteiger partial charge on any atom is -0.310 e. The minimum atomic E-state index is 1.10. The smallest absolute Gasteiger partial charge is 0.0562 e. The van der Waals surface area contributed by atoms with Crippen molar-refractivity contribution in [2.24, 2.45) is 0 Å². The first kappa shape index (κ1) is 31.6. The zero-order chi connectivity index (χ0) is 35.8. The van der Waals surface area contributed by atoms with Crippen LogP contribution in [0.3, 0.4) is 0 Å². The fourth-order valence-electron chi connectivity index (χ4n) is 8.06. The fourth-order valence-corrected chi connectivity index (χ4v) is 8.06. The summed E-state index contributed by atoms with van der Waals surface area (Å²) in [6.07, 6.45) is 0. The molecule has 0 saturated carbocycles. The molecule has 10 aromatic rings. The van der Waals surface area contributed by atoms with Crippen LogP contribution in [-0.2, 0) is 0 Å². The van der Waals surface area contributed by atoms with Gasteiger partial charge in [0.15, 0.2) is 0 Å². The maximum Gasteiger partial charge on any atom is 0.0562 e. The Morgan fingerprint density at radius 1 is 0.315 bits per heavy atom. The summed E-state index contributed by atoms with van der Waals surface area (Å²) >= 11 is 0. The molecule has 0 unspecified atom stereocenters. The average Bonchev–Trinajstić information content (AvgIpc) is 3.59. The summed E-state index contributed by atoms with van der Waals surface area (Å²) in [6.45, 7) is 0. The molecule has 0 amide bonds. The quantitative estimate of drug-likeness (QED) is 0.162. The van der Waals surface area contributed by atoms with Gasteiger partial charge in [-0.25, -0.2) is 0 Å². The van der Waals surface area contributed by atoms with E-state index in [4.69, 9.17) is 0 Å². The van der Waals surface area contributed by atoms with Gasteiger partial charge in [0.25, 0.3) is 0 Å². The molecule has 0 saturated heterocycles. The molecule has 0 radical (unpaired) electrons. The summed E-state index contributed by atoms with van der Waals surface area (Å²) in [5.74, 6) is 0. The number of para-hydroxylation sites is 2. The Hall–Kier alpha value is -7.16. The van der Waals surface area contributed by atoms with Crippen LogP contribution in [0.4, 0.5) is 17.1 Å². The summed E-state index contributed by atoms with van der Waals surface area (Å²) < 4.78 is 2.43. The van der Waals surface area contributed by atoms with E-state index in [0.29, 0.717) is 0 Å². The normalized spacial score (nSPS) is 11.3. The monoisotopic (exact) mass is 688 g/mol. The van der Waals surface area contributed by atoms with Crippen molar-refractivity contribution in [1.29, 1.82) is 0 Å². The van der Waals surface area contributed by atoms with Crippen LogP contribution >= 0.6 is 0 Å². The lowest BCUT2D eigenvalue weighted by atomic mass is 9.92. The molecule has 0 N–H and O–H groups in total. The van der Waals surface area contributed by atoms with Crippen LogP contribution in [0.2, 0.25) is 0 Å². The Labute approximate surface area is 315 Å². The summed E-state index contributed by atoms with van der Waals surface area (Å²) in [5, 5.41) is 4.97. The predicted octanol–water partition coefficient (Wildman–Crippen LogP) is 14.4. The molecule has 9 aromatic carbocycles. The largest absolute Gasteiger partial charge is 0.310 e. The molecule has 0 bridgehead atoms. The number of anilines is 3. The van der Waals surface area contributed by atoms with Crippen molar-refractivity contribution in [2.75, 3.05) is 4.90 Å². The van der Waals surface area contributed by atoms with Crippen LogP contribution < -0.4 is 4.90 Å². The molecule has 2 heteroatoms. The van der Waals surface area contributed by atoms with Crippen LogP contribution in [0.5, 0.6) is 0 Å². The van der Waals surface area contributed by atoms with E-state index in [2.05, 4.69) is 228 Å². The zero-order valence-corrected chi connectivity index (χ0v) is 29.7. The summed E-state index contributed by atoms with van der Waals surface area (Å²) in [5.41, 5.74) is 14.1. The highest BCUT2D eigenvalue weighted by molar-refractivity contribution is 6.17. The number of hydrogen-bond donors (Lipinski definition) is 0. The number of aromatic nitrogens is 1. The fraction of sp³-hybridized carbons (Fsp3) is 0. The average molecular weight is 689 g/mol. The van der Waals surface area contributed by atoms with E-state index in [1.165, 1.54) is 60.4 Å². The molecule has 0 aliphatic carbocycles. The number of hydrogen-bond acceptors (Lipinski definition) is 1. The number of rotatable bonds is 7. The van der Waals surface area contributed by atoms with Gasteiger partial charge in [-0.1, -0.05) is 158 Å². The topological polar surface area (TPSA) is 8.17 Å². The molecular weight excluding hydrogens is 653 g/mol. The Morgan fingerprint density at radius 2 is 0.907 bits per heavy atom. The van der Waals surface area contributed by atoms with E-state index in [1.807, 2.05) is 0 Å². The Kier molecular flexibility index (Phi) is 7.85. The standard InChI is InChI=1S/C52H36N2/c1-4-16-39(17-5-1)46-23-12-13-24-47(46)48-25-14-26-50-52(48)49-34-33-45(36-51(49)54(50)43-21-8-3-9-22-43)53(42-19-6-2-7-20-42)44-31-29-38(30-32-44)41-28-27-37-15-10-11-18-40(37)35-41/h1-36H. The lowest BCUT2D eigenvalue weighted by Gasteiger charge is -2.26. The number of fused-ring (bicyclic) bond motifs is 4. The SMILES string of the molecule is c1ccc(-c2ccccc2-c2cccc3c2c2ccc(N(c4ccccc4)c4ccc(-c5ccc6ccccc6c5)cc4)cc2n3-c2ccccc2)cc1. The molecule has 0 fully saturated rings. The van der Waals surface area contributed by atoms with Gasteiger partial charge in [-0.2, -0.15) is 0 Å². The van der Waals surface area contributed by atoms with E-state index in [0.717, 1.165) is 28.3 Å². The van der Waals surface area contributed by atoms with Gasteiger partial charge in [0.05, 0.1) is 11.0 Å². The highest BCUT2D eigenvalue weighted by atomic mass is 15.1. The first-order valence-corrected chi connectivity index (χ1v) is 18.5. The second-order valence-electron chi connectivity index (χ2n) is 13.8. The number of benzene rings is 9. The van der Waals surface area contributed by atoms with E-state index in [9.17, 15) is 0 Å². The zero-order valence-electron chi connectivity index (χ0n) is 29.7. The Bertz CT molecular complexity index is 2910. The van der Waals surface area contributed by atoms with Gasteiger partial charge < -0.3 is 9.47 Å². The third kappa shape index (κ3) is 5.53. The summed E-state index contributed by atoms with van der Waals surface area (Å²) in [6, 6.07) is 78.8. The van der Waals surface area contributed by atoms with Crippen LogP contribution in [0, 0.1) is 0 Å². The Morgan fingerprint density at radius 3 is 1.69 bits per heavy atom. The van der Waals surface area contributed by atoms with Crippen molar-refractivity contribution in [2.45, 2.75) is 0 Å². The van der Waals surface area contributed by atoms with E-state index < -0.39 is 0 Å². The van der Waals surface area contributed by atoms with Crippen molar-refractivity contribution >= 4 is 49.6 Å². The second kappa shape index (κ2) is 13.4. The first-order chi connectivity index (χ1) is 26.8. The van der Waals surface area contributed by atoms with Crippen molar-refractivity contribution in [3.8, 4) is 39.1 Å². The van der Waals surface area contributed by atoms with Gasteiger partial charge in [0, 0.05) is 33.5 Å². The van der Waals surface area contributed by atoms with Crippen molar-refractivity contribution in [3.63, 3.8) is 0 Å². The minimum absolute atomic E-state index is 1.10. The first-order valence-electron chi connectivity index (χ1n) is 18.5. The molecule has 0 aliphatic heterocycles. The third-order valence-corrected chi connectivity index (χ3v) is 10.6. The van der Waals surface area contributed by atoms with Crippen molar-refractivity contribution in [3.05, 3.63) is 218 Å². The molecule has 1 aromatic heterocycles. The van der Waals surface area contributed by atoms with E-state index >= 15 is 0 Å².